The van der Waals surface area contributed by atoms with Crippen LogP contribution in [-0.2, 0) is 6.42 Å². The smallest absolute Gasteiger partial charge is 0.270 e. The first-order valence-corrected chi connectivity index (χ1v) is 8.84. The highest BCUT2D eigenvalue weighted by molar-refractivity contribution is 5.92. The number of nitrogens with zero attached hydrogens (tertiary/aromatic N) is 2. The maximum absolute atomic E-state index is 12.4. The number of amides is 1. The summed E-state index contributed by atoms with van der Waals surface area (Å²) in [4.78, 5) is 20.8. The molecule has 3 aromatic rings. The van der Waals surface area contributed by atoms with E-state index in [0.717, 1.165) is 11.3 Å². The number of aromatic nitrogens is 2. The van der Waals surface area contributed by atoms with Gasteiger partial charge in [0, 0.05) is 18.4 Å². The van der Waals surface area contributed by atoms with Gasteiger partial charge in [0.15, 0.2) is 11.5 Å². The summed E-state index contributed by atoms with van der Waals surface area (Å²) in [7, 11) is 3.19. The van der Waals surface area contributed by atoms with Gasteiger partial charge in [-0.3, -0.25) is 4.79 Å². The fraction of sp³-hybridized carbons (Fsp3) is 0.190. The predicted molar refractivity (Wildman–Crippen MR) is 107 cm³/mol. The van der Waals surface area contributed by atoms with Crippen molar-refractivity contribution in [2.24, 2.45) is 0 Å². The second kappa shape index (κ2) is 9.36. The lowest BCUT2D eigenvalue weighted by Crippen LogP contribution is -2.26. The third-order valence-corrected chi connectivity index (χ3v) is 4.07. The summed E-state index contributed by atoms with van der Waals surface area (Å²) in [5, 5.41) is 5.95. The van der Waals surface area contributed by atoms with E-state index < -0.39 is 0 Å². The van der Waals surface area contributed by atoms with E-state index in [9.17, 15) is 4.79 Å². The predicted octanol–water partition coefficient (Wildman–Crippen LogP) is 3.21. The highest BCUT2D eigenvalue weighted by Gasteiger charge is 2.09. The molecule has 2 aromatic carbocycles. The van der Waals surface area contributed by atoms with Crippen LogP contribution in [-0.4, -0.2) is 36.6 Å². The molecule has 1 aromatic heterocycles. The highest BCUT2D eigenvalue weighted by atomic mass is 16.5. The Labute approximate surface area is 163 Å². The van der Waals surface area contributed by atoms with Gasteiger partial charge in [0.25, 0.3) is 5.91 Å². The van der Waals surface area contributed by atoms with Crippen LogP contribution in [0, 0.1) is 0 Å². The molecule has 144 valence electrons. The topological polar surface area (TPSA) is 85.4 Å². The molecule has 28 heavy (non-hydrogen) atoms. The first-order chi connectivity index (χ1) is 13.7. The minimum absolute atomic E-state index is 0.251. The molecule has 0 fully saturated rings. The van der Waals surface area contributed by atoms with Gasteiger partial charge in [0.2, 0.25) is 5.95 Å². The molecular weight excluding hydrogens is 356 g/mol. The summed E-state index contributed by atoms with van der Waals surface area (Å²) in [6.07, 6.45) is 2.22. The summed E-state index contributed by atoms with van der Waals surface area (Å²) >= 11 is 0. The van der Waals surface area contributed by atoms with Crippen molar-refractivity contribution in [3.05, 3.63) is 72.1 Å². The molecule has 3 rings (SSSR count). The summed E-state index contributed by atoms with van der Waals surface area (Å²) < 4.78 is 10.5. The quantitative estimate of drug-likeness (QED) is 0.626. The van der Waals surface area contributed by atoms with Gasteiger partial charge in [-0.15, -0.1) is 0 Å². The van der Waals surface area contributed by atoms with Crippen molar-refractivity contribution in [1.29, 1.82) is 0 Å². The zero-order chi connectivity index (χ0) is 19.8. The molecule has 0 bridgehead atoms. The standard InChI is InChI=1S/C21H22N4O3/c1-27-18-9-8-15(14-19(18)28-2)10-12-22-20(26)17-11-13-23-21(25-17)24-16-6-4-3-5-7-16/h3-9,11,13-14H,10,12H2,1-2H3,(H,22,26)(H,23,24,25). The van der Waals surface area contributed by atoms with E-state index >= 15 is 0 Å². The summed E-state index contributed by atoms with van der Waals surface area (Å²) in [5.74, 6) is 1.46. The van der Waals surface area contributed by atoms with Gasteiger partial charge in [-0.05, 0) is 42.3 Å². The summed E-state index contributed by atoms with van der Waals surface area (Å²) in [5.41, 5.74) is 2.20. The van der Waals surface area contributed by atoms with E-state index in [1.807, 2.05) is 48.5 Å². The number of para-hydroxylation sites is 1. The van der Waals surface area contributed by atoms with Gasteiger partial charge in [0.05, 0.1) is 14.2 Å². The fourth-order valence-electron chi connectivity index (χ4n) is 2.64. The van der Waals surface area contributed by atoms with Gasteiger partial charge < -0.3 is 20.1 Å². The molecule has 0 saturated heterocycles. The van der Waals surface area contributed by atoms with E-state index in [1.165, 1.54) is 0 Å². The van der Waals surface area contributed by atoms with Crippen LogP contribution in [0.5, 0.6) is 11.5 Å². The number of hydrogen-bond acceptors (Lipinski definition) is 6. The Kier molecular flexibility index (Phi) is 6.41. The first-order valence-electron chi connectivity index (χ1n) is 8.84. The molecule has 7 heteroatoms. The number of nitrogens with one attached hydrogen (secondary N) is 2. The normalized spacial score (nSPS) is 10.2. The first kappa shape index (κ1) is 19.2. The van der Waals surface area contributed by atoms with E-state index in [-0.39, 0.29) is 5.91 Å². The molecule has 1 heterocycles. The molecule has 0 aliphatic heterocycles. The fourth-order valence-corrected chi connectivity index (χ4v) is 2.64. The Morgan fingerprint density at radius 3 is 2.54 bits per heavy atom. The SMILES string of the molecule is COc1ccc(CCNC(=O)c2ccnc(Nc3ccccc3)n2)cc1OC. The molecule has 0 atom stereocenters. The molecule has 2 N–H and O–H groups in total. The number of anilines is 2. The van der Waals surface area contributed by atoms with Gasteiger partial charge in [-0.25, -0.2) is 9.97 Å². The second-order valence-corrected chi connectivity index (χ2v) is 5.95. The van der Waals surface area contributed by atoms with Crippen molar-refractivity contribution in [2.45, 2.75) is 6.42 Å². The zero-order valence-electron chi connectivity index (χ0n) is 15.8. The number of rotatable bonds is 8. The molecule has 0 unspecified atom stereocenters. The van der Waals surface area contributed by atoms with Crippen molar-refractivity contribution in [3.63, 3.8) is 0 Å². The third kappa shape index (κ3) is 4.97. The van der Waals surface area contributed by atoms with Crippen molar-refractivity contribution < 1.29 is 14.3 Å². The van der Waals surface area contributed by atoms with Crippen molar-refractivity contribution in [2.75, 3.05) is 26.1 Å². The minimum atomic E-state index is -0.251. The van der Waals surface area contributed by atoms with E-state index in [4.69, 9.17) is 9.47 Å². The molecular formula is C21H22N4O3. The van der Waals surface area contributed by atoms with Crippen LogP contribution >= 0.6 is 0 Å². The number of hydrogen-bond donors (Lipinski definition) is 2. The van der Waals surface area contributed by atoms with Crippen molar-refractivity contribution in [3.8, 4) is 11.5 Å². The zero-order valence-corrected chi connectivity index (χ0v) is 15.8. The number of carbonyl (C=O) groups is 1. The van der Waals surface area contributed by atoms with Crippen LogP contribution in [0.3, 0.4) is 0 Å². The van der Waals surface area contributed by atoms with Crippen LogP contribution in [0.2, 0.25) is 0 Å². The number of methoxy groups -OCH3 is 2. The Morgan fingerprint density at radius 2 is 1.79 bits per heavy atom. The lowest BCUT2D eigenvalue weighted by atomic mass is 10.1. The van der Waals surface area contributed by atoms with E-state index in [1.54, 1.807) is 26.5 Å². The number of benzene rings is 2. The molecule has 7 nitrogen and oxygen atoms in total. The lowest BCUT2D eigenvalue weighted by molar-refractivity contribution is 0.0949. The molecule has 0 saturated carbocycles. The minimum Gasteiger partial charge on any atom is -0.493 e. The molecule has 0 radical (unpaired) electrons. The Hall–Kier alpha value is -3.61. The van der Waals surface area contributed by atoms with E-state index in [2.05, 4.69) is 20.6 Å². The molecule has 0 aliphatic rings. The maximum atomic E-state index is 12.4. The summed E-state index contributed by atoms with van der Waals surface area (Å²) in [6, 6.07) is 16.8. The van der Waals surface area contributed by atoms with Gasteiger partial charge in [-0.1, -0.05) is 24.3 Å². The number of carbonyl (C=O) groups excluding carboxylic acids is 1. The average Bonchev–Trinajstić information content (AvgIpc) is 2.74. The van der Waals surface area contributed by atoms with Gasteiger partial charge >= 0.3 is 0 Å². The van der Waals surface area contributed by atoms with Crippen LogP contribution in [0.25, 0.3) is 0 Å². The molecule has 1 amide bonds. The maximum Gasteiger partial charge on any atom is 0.270 e. The Morgan fingerprint density at radius 1 is 1.00 bits per heavy atom. The molecule has 0 spiro atoms. The Balaban J connectivity index is 1.57. The second-order valence-electron chi connectivity index (χ2n) is 5.95. The van der Waals surface area contributed by atoms with Crippen LogP contribution in [0.15, 0.2) is 60.8 Å². The van der Waals surface area contributed by atoms with Crippen molar-refractivity contribution >= 4 is 17.5 Å². The lowest BCUT2D eigenvalue weighted by Gasteiger charge is -2.10. The number of ether oxygens (including phenoxy) is 2. The monoisotopic (exact) mass is 378 g/mol. The third-order valence-electron chi connectivity index (χ3n) is 4.07. The van der Waals surface area contributed by atoms with Crippen LogP contribution in [0.1, 0.15) is 16.1 Å². The summed E-state index contributed by atoms with van der Waals surface area (Å²) in [6.45, 7) is 0.472. The van der Waals surface area contributed by atoms with Gasteiger partial charge in [-0.2, -0.15) is 0 Å². The van der Waals surface area contributed by atoms with Crippen molar-refractivity contribution in [1.82, 2.24) is 15.3 Å². The van der Waals surface area contributed by atoms with E-state index in [0.29, 0.717) is 36.1 Å². The highest BCUT2D eigenvalue weighted by Crippen LogP contribution is 2.27. The van der Waals surface area contributed by atoms with Crippen LogP contribution < -0.4 is 20.1 Å². The largest absolute Gasteiger partial charge is 0.493 e. The van der Waals surface area contributed by atoms with Gasteiger partial charge in [0.1, 0.15) is 5.69 Å². The average molecular weight is 378 g/mol. The molecule has 0 aliphatic carbocycles. The van der Waals surface area contributed by atoms with Crippen LogP contribution in [0.4, 0.5) is 11.6 Å². The Bertz CT molecular complexity index is 932.